The van der Waals surface area contributed by atoms with Gasteiger partial charge in [0.1, 0.15) is 0 Å². The third-order valence-corrected chi connectivity index (χ3v) is 8.73. The van der Waals surface area contributed by atoms with E-state index in [9.17, 15) is 9.59 Å². The summed E-state index contributed by atoms with van der Waals surface area (Å²) >= 11 is 0. The fourth-order valence-corrected chi connectivity index (χ4v) is 6.20. The molecule has 1 aromatic carbocycles. The highest BCUT2D eigenvalue weighted by molar-refractivity contribution is 5.98. The number of nitrogens with zero attached hydrogens (tertiary/aromatic N) is 2. The number of fused-ring (bicyclic) bond motifs is 1. The summed E-state index contributed by atoms with van der Waals surface area (Å²) < 4.78 is 5.60. The van der Waals surface area contributed by atoms with E-state index in [1.165, 1.54) is 24.1 Å². The van der Waals surface area contributed by atoms with Crippen LogP contribution in [-0.2, 0) is 14.3 Å². The molecule has 0 radical (unpaired) electrons. The molecule has 1 aromatic rings. The molecule has 2 fully saturated rings. The second-order valence-electron chi connectivity index (χ2n) is 11.1. The molecular formula is C31H44N2O3. The molecule has 2 aliphatic carbocycles. The number of Topliss-reactive ketones (excluding diaryl/α,β-unsaturated/α-hetero) is 1. The maximum Gasteiger partial charge on any atom is 0.333 e. The summed E-state index contributed by atoms with van der Waals surface area (Å²) in [6.45, 7) is 14.4. The number of ketones is 1. The van der Waals surface area contributed by atoms with Crippen molar-refractivity contribution in [3.05, 3.63) is 53.6 Å². The lowest BCUT2D eigenvalue weighted by atomic mass is 9.86. The maximum absolute atomic E-state index is 12.7. The predicted molar refractivity (Wildman–Crippen MR) is 146 cm³/mol. The number of carbonyl (C=O) groups excluding carboxylic acids is 2. The summed E-state index contributed by atoms with van der Waals surface area (Å²) in [7, 11) is 0. The smallest absolute Gasteiger partial charge is 0.333 e. The van der Waals surface area contributed by atoms with Crippen LogP contribution in [0, 0.1) is 17.8 Å². The first-order valence-corrected chi connectivity index (χ1v) is 14.0. The van der Waals surface area contributed by atoms with Crippen molar-refractivity contribution < 1.29 is 14.3 Å². The zero-order chi connectivity index (χ0) is 25.5. The topological polar surface area (TPSA) is 49.9 Å². The summed E-state index contributed by atoms with van der Waals surface area (Å²) in [6, 6.07) is 10.7. The van der Waals surface area contributed by atoms with E-state index < -0.39 is 0 Å². The Labute approximate surface area is 217 Å². The molecule has 1 unspecified atom stereocenters. The number of ether oxygens (including phenoxy) is 1. The molecule has 1 saturated heterocycles. The van der Waals surface area contributed by atoms with Crippen LogP contribution in [-0.4, -0.2) is 56.0 Å². The van der Waals surface area contributed by atoms with Crippen LogP contribution < -0.4 is 4.90 Å². The van der Waals surface area contributed by atoms with Crippen molar-refractivity contribution in [2.24, 2.45) is 17.8 Å². The summed E-state index contributed by atoms with van der Waals surface area (Å²) in [4.78, 5) is 30.0. The van der Waals surface area contributed by atoms with E-state index in [4.69, 9.17) is 4.74 Å². The largest absolute Gasteiger partial charge is 0.462 e. The zero-order valence-corrected chi connectivity index (χ0v) is 22.3. The number of para-hydroxylation sites is 1. The number of esters is 1. The van der Waals surface area contributed by atoms with Gasteiger partial charge in [-0.1, -0.05) is 50.1 Å². The monoisotopic (exact) mass is 492 g/mol. The molecular weight excluding hydrogens is 448 g/mol. The quantitative estimate of drug-likeness (QED) is 0.234. The van der Waals surface area contributed by atoms with Crippen molar-refractivity contribution in [2.75, 3.05) is 44.2 Å². The highest BCUT2D eigenvalue weighted by atomic mass is 16.5. The molecule has 196 valence electrons. The number of benzene rings is 1. The van der Waals surface area contributed by atoms with E-state index in [1.807, 2.05) is 6.92 Å². The first-order chi connectivity index (χ1) is 17.4. The number of rotatable bonds is 10. The molecule has 0 spiro atoms. The van der Waals surface area contributed by atoms with Gasteiger partial charge < -0.3 is 9.64 Å². The standard InChI is InChI=1S/C31H44N2O3/c1-23-13-14-26(21-29-25(3)30(34)22-28(23)29)24(2)31(35)36-20-10-5-4-9-15-32-16-18-33(19-17-32)27-11-7-6-8-12-27/h6-8,11-12,23,26,28H,2,4-5,9-10,13-22H2,1,3H3/t23-,26?,28-/m1/s1. The van der Waals surface area contributed by atoms with Crippen LogP contribution in [0.4, 0.5) is 5.69 Å². The fourth-order valence-electron chi connectivity index (χ4n) is 6.20. The molecule has 5 nitrogen and oxygen atoms in total. The van der Waals surface area contributed by atoms with Gasteiger partial charge in [-0.25, -0.2) is 4.79 Å². The Kier molecular flexibility index (Phi) is 9.41. The first-order valence-electron chi connectivity index (χ1n) is 14.0. The lowest BCUT2D eigenvalue weighted by Crippen LogP contribution is -2.46. The highest BCUT2D eigenvalue weighted by Gasteiger charge is 2.38. The SMILES string of the molecule is C=C(C(=O)OCCCCCCN1CCN(c2ccccc2)CC1)C1CC[C@@H](C)[C@H]2CC(=O)C(C)=C2C1. The van der Waals surface area contributed by atoms with E-state index in [1.54, 1.807) is 0 Å². The second-order valence-corrected chi connectivity index (χ2v) is 11.1. The summed E-state index contributed by atoms with van der Waals surface area (Å²) in [5.74, 6) is 0.986. The molecule has 5 heteroatoms. The number of carbonyl (C=O) groups is 2. The Balaban J connectivity index is 1.08. The van der Waals surface area contributed by atoms with Crippen molar-refractivity contribution in [3.8, 4) is 0 Å². The molecule has 1 heterocycles. The van der Waals surface area contributed by atoms with Gasteiger partial charge in [-0.3, -0.25) is 9.69 Å². The van der Waals surface area contributed by atoms with Crippen LogP contribution in [0.25, 0.3) is 0 Å². The van der Waals surface area contributed by atoms with Gasteiger partial charge in [-0.2, -0.15) is 0 Å². The first kappa shape index (κ1) is 26.7. The van der Waals surface area contributed by atoms with Crippen LogP contribution in [0.2, 0.25) is 0 Å². The predicted octanol–water partition coefficient (Wildman–Crippen LogP) is 5.81. The number of unbranched alkanes of at least 4 members (excludes halogenated alkanes) is 3. The lowest BCUT2D eigenvalue weighted by molar-refractivity contribution is -0.139. The van der Waals surface area contributed by atoms with E-state index in [0.29, 0.717) is 30.4 Å². The molecule has 0 amide bonds. The third kappa shape index (κ3) is 6.67. The van der Waals surface area contributed by atoms with Crippen molar-refractivity contribution >= 4 is 17.4 Å². The number of piperazine rings is 1. The van der Waals surface area contributed by atoms with Crippen LogP contribution in [0.5, 0.6) is 0 Å². The Hall–Kier alpha value is -2.40. The normalized spacial score (nSPS) is 25.0. The second kappa shape index (κ2) is 12.7. The molecule has 3 aliphatic rings. The van der Waals surface area contributed by atoms with Gasteiger partial charge in [0.25, 0.3) is 0 Å². The minimum absolute atomic E-state index is 0.100. The van der Waals surface area contributed by atoms with E-state index in [2.05, 4.69) is 53.6 Å². The van der Waals surface area contributed by atoms with Gasteiger partial charge in [0.2, 0.25) is 0 Å². The van der Waals surface area contributed by atoms with Crippen LogP contribution in [0.15, 0.2) is 53.6 Å². The third-order valence-electron chi connectivity index (χ3n) is 8.73. The Morgan fingerprint density at radius 1 is 1.00 bits per heavy atom. The van der Waals surface area contributed by atoms with Gasteiger partial charge in [-0.15, -0.1) is 0 Å². The molecule has 0 N–H and O–H groups in total. The molecule has 1 saturated carbocycles. The maximum atomic E-state index is 12.7. The summed E-state index contributed by atoms with van der Waals surface area (Å²) in [5.41, 5.74) is 4.12. The van der Waals surface area contributed by atoms with E-state index >= 15 is 0 Å². The molecule has 0 bridgehead atoms. The number of hydrogen-bond acceptors (Lipinski definition) is 5. The highest BCUT2D eigenvalue weighted by Crippen LogP contribution is 2.45. The zero-order valence-electron chi connectivity index (χ0n) is 22.3. The summed E-state index contributed by atoms with van der Waals surface area (Å²) in [5, 5.41) is 0. The molecule has 36 heavy (non-hydrogen) atoms. The summed E-state index contributed by atoms with van der Waals surface area (Å²) in [6.07, 6.45) is 7.78. The van der Waals surface area contributed by atoms with Gasteiger partial charge in [0.05, 0.1) is 6.61 Å². The van der Waals surface area contributed by atoms with Gasteiger partial charge in [-0.05, 0) is 81.0 Å². The number of allylic oxidation sites excluding steroid dienone is 2. The van der Waals surface area contributed by atoms with Gasteiger partial charge in [0.15, 0.2) is 5.78 Å². The average molecular weight is 493 g/mol. The van der Waals surface area contributed by atoms with Crippen molar-refractivity contribution in [3.63, 3.8) is 0 Å². The minimum Gasteiger partial charge on any atom is -0.462 e. The molecule has 0 aromatic heterocycles. The van der Waals surface area contributed by atoms with E-state index in [-0.39, 0.29) is 17.7 Å². The minimum atomic E-state index is -0.245. The van der Waals surface area contributed by atoms with Crippen molar-refractivity contribution in [2.45, 2.75) is 65.2 Å². The van der Waals surface area contributed by atoms with Crippen molar-refractivity contribution in [1.82, 2.24) is 4.90 Å². The van der Waals surface area contributed by atoms with Gasteiger partial charge >= 0.3 is 5.97 Å². The number of hydrogen-bond donors (Lipinski definition) is 0. The van der Waals surface area contributed by atoms with Gasteiger partial charge in [0, 0.05) is 43.9 Å². The van der Waals surface area contributed by atoms with Crippen LogP contribution >= 0.6 is 0 Å². The van der Waals surface area contributed by atoms with E-state index in [0.717, 1.165) is 70.4 Å². The molecule has 3 atom stereocenters. The number of anilines is 1. The Morgan fingerprint density at radius 3 is 2.47 bits per heavy atom. The molecule has 4 rings (SSSR count). The Morgan fingerprint density at radius 2 is 1.72 bits per heavy atom. The molecule has 1 aliphatic heterocycles. The average Bonchev–Trinajstić information content (AvgIpc) is 3.08. The van der Waals surface area contributed by atoms with Crippen molar-refractivity contribution in [1.29, 1.82) is 0 Å². The van der Waals surface area contributed by atoms with Crippen LogP contribution in [0.3, 0.4) is 0 Å². The van der Waals surface area contributed by atoms with Crippen LogP contribution in [0.1, 0.15) is 65.2 Å². The Bertz CT molecular complexity index is 946. The fraction of sp³-hybridized carbons (Fsp3) is 0.613. The lowest BCUT2D eigenvalue weighted by Gasteiger charge is -2.36.